The van der Waals surface area contributed by atoms with Crippen LogP contribution in [-0.2, 0) is 0 Å². The molecule has 1 aromatic carbocycles. The van der Waals surface area contributed by atoms with Crippen LogP contribution in [0, 0.1) is 0 Å². The number of amides is 1. The molecule has 0 N–H and O–H groups in total. The average molecular weight is 278 g/mol. The van der Waals surface area contributed by atoms with Crippen molar-refractivity contribution in [2.45, 2.75) is 32.7 Å². The lowest BCUT2D eigenvalue weighted by Crippen LogP contribution is -2.37. The van der Waals surface area contributed by atoms with Crippen molar-refractivity contribution in [3.05, 3.63) is 54.6 Å². The van der Waals surface area contributed by atoms with E-state index in [0.29, 0.717) is 12.8 Å². The zero-order valence-corrected chi connectivity index (χ0v) is 12.3. The summed E-state index contributed by atoms with van der Waals surface area (Å²) < 4.78 is 0. The number of nitrogens with zero attached hydrogens (tertiary/aromatic N) is 1. The number of para-hydroxylation sites is 1. The van der Waals surface area contributed by atoms with Crippen LogP contribution in [0.15, 0.2) is 54.6 Å². The van der Waals surface area contributed by atoms with E-state index in [0.717, 1.165) is 16.8 Å². The van der Waals surface area contributed by atoms with E-state index >= 15 is 0 Å². The molecule has 0 saturated carbocycles. The Morgan fingerprint density at radius 3 is 2.00 bits per heavy atom. The van der Waals surface area contributed by atoms with Gasteiger partial charge in [-0.2, -0.15) is 0 Å². The van der Waals surface area contributed by atoms with Gasteiger partial charge < -0.3 is 0 Å². The zero-order valence-electron chi connectivity index (χ0n) is 11.5. The fourth-order valence-electron chi connectivity index (χ4n) is 2.10. The first-order valence-electron chi connectivity index (χ1n) is 6.24. The third kappa shape index (κ3) is 4.92. The number of hydrogen-bond acceptors (Lipinski definition) is 1. The molecule has 3 heteroatoms. The summed E-state index contributed by atoms with van der Waals surface area (Å²) in [5.41, 5.74) is 2.84. The van der Waals surface area contributed by atoms with Gasteiger partial charge in [0.15, 0.2) is 0 Å². The van der Waals surface area contributed by atoms with Crippen LogP contribution in [0.3, 0.4) is 0 Å². The third-order valence-corrected chi connectivity index (χ3v) is 2.94. The third-order valence-electron chi connectivity index (χ3n) is 2.76. The highest BCUT2D eigenvalue weighted by atomic mass is 35.5. The summed E-state index contributed by atoms with van der Waals surface area (Å²) in [4.78, 5) is 13.4. The molecular weight excluding hydrogens is 258 g/mol. The Hall–Kier alpha value is -1.54. The molecule has 1 rings (SSSR count). The molecule has 0 radical (unpaired) electrons. The second-order valence-corrected chi connectivity index (χ2v) is 5.26. The Labute approximate surface area is 120 Å². The fourth-order valence-corrected chi connectivity index (χ4v) is 2.34. The number of carbonyl (C=O) groups is 1. The summed E-state index contributed by atoms with van der Waals surface area (Å²) >= 11 is 5.77. The number of carbonyl (C=O) groups excluding carboxylic acids is 1. The summed E-state index contributed by atoms with van der Waals surface area (Å²) in [5.74, 6) is 0. The minimum atomic E-state index is -0.473. The Kier molecular flexibility index (Phi) is 5.84. The van der Waals surface area contributed by atoms with Crippen LogP contribution in [0.4, 0.5) is 10.5 Å². The van der Waals surface area contributed by atoms with Gasteiger partial charge in [0, 0.05) is 11.7 Å². The van der Waals surface area contributed by atoms with Gasteiger partial charge in [0.1, 0.15) is 0 Å². The SMILES string of the molecule is C=C(C)CC(CC(=C)C)N(C(=O)Cl)c1ccccc1. The average Bonchev–Trinajstić information content (AvgIpc) is 2.28. The van der Waals surface area contributed by atoms with Gasteiger partial charge in [0.25, 0.3) is 0 Å². The van der Waals surface area contributed by atoms with Gasteiger partial charge in [0.2, 0.25) is 0 Å². The monoisotopic (exact) mass is 277 g/mol. The molecule has 2 nitrogen and oxygen atoms in total. The highest BCUT2D eigenvalue weighted by molar-refractivity contribution is 6.66. The fraction of sp³-hybridized carbons (Fsp3) is 0.312. The lowest BCUT2D eigenvalue weighted by molar-refractivity contribution is 0.262. The molecule has 0 bridgehead atoms. The first kappa shape index (κ1) is 15.5. The standard InChI is InChI=1S/C16H20ClNO/c1-12(2)10-15(11-13(3)4)18(16(17)19)14-8-6-5-7-9-14/h5-9,15H,1,3,10-11H2,2,4H3. The maximum Gasteiger partial charge on any atom is 0.321 e. The molecule has 0 aliphatic heterocycles. The van der Waals surface area contributed by atoms with Crippen molar-refractivity contribution in [2.75, 3.05) is 4.90 Å². The first-order chi connectivity index (χ1) is 8.91. The molecule has 19 heavy (non-hydrogen) atoms. The van der Waals surface area contributed by atoms with Gasteiger partial charge in [-0.1, -0.05) is 29.3 Å². The quantitative estimate of drug-likeness (QED) is 0.400. The minimum Gasteiger partial charge on any atom is -0.295 e. The smallest absolute Gasteiger partial charge is 0.295 e. The summed E-state index contributed by atoms with van der Waals surface area (Å²) in [6.07, 6.45) is 1.42. The summed E-state index contributed by atoms with van der Waals surface area (Å²) in [6.45, 7) is 11.8. The molecule has 0 aliphatic carbocycles. The van der Waals surface area contributed by atoms with Gasteiger partial charge in [-0.25, -0.2) is 0 Å². The number of anilines is 1. The molecule has 1 amide bonds. The normalized spacial score (nSPS) is 10.3. The Morgan fingerprint density at radius 2 is 1.63 bits per heavy atom. The summed E-state index contributed by atoms with van der Waals surface area (Å²) in [6, 6.07) is 9.41. The van der Waals surface area contributed by atoms with E-state index in [1.165, 1.54) is 0 Å². The van der Waals surface area contributed by atoms with Gasteiger partial charge >= 0.3 is 5.37 Å². The van der Waals surface area contributed by atoms with E-state index in [4.69, 9.17) is 11.6 Å². The largest absolute Gasteiger partial charge is 0.321 e. The predicted molar refractivity (Wildman–Crippen MR) is 82.8 cm³/mol. The van der Waals surface area contributed by atoms with E-state index in [-0.39, 0.29) is 6.04 Å². The van der Waals surface area contributed by atoms with Crippen molar-refractivity contribution in [2.24, 2.45) is 0 Å². The molecule has 0 aliphatic rings. The summed E-state index contributed by atoms with van der Waals surface area (Å²) in [5, 5.41) is -0.473. The second-order valence-electron chi connectivity index (χ2n) is 4.93. The summed E-state index contributed by atoms with van der Waals surface area (Å²) in [7, 11) is 0. The lowest BCUT2D eigenvalue weighted by atomic mass is 10.00. The van der Waals surface area contributed by atoms with Crippen LogP contribution in [0.5, 0.6) is 0 Å². The predicted octanol–water partition coefficient (Wildman–Crippen LogP) is 5.15. The van der Waals surface area contributed by atoms with Crippen LogP contribution in [-0.4, -0.2) is 11.4 Å². The molecule has 1 aromatic rings. The topological polar surface area (TPSA) is 20.3 Å². The minimum absolute atomic E-state index is 0.0394. The Balaban J connectivity index is 3.08. The highest BCUT2D eigenvalue weighted by Gasteiger charge is 2.24. The zero-order chi connectivity index (χ0) is 14.4. The van der Waals surface area contributed by atoms with Crippen LogP contribution in [0.25, 0.3) is 0 Å². The van der Waals surface area contributed by atoms with Crippen LogP contribution in [0.2, 0.25) is 0 Å². The molecular formula is C16H20ClNO. The number of hydrogen-bond donors (Lipinski definition) is 0. The van der Waals surface area contributed by atoms with Crippen molar-refractivity contribution in [3.63, 3.8) is 0 Å². The maximum absolute atomic E-state index is 11.8. The lowest BCUT2D eigenvalue weighted by Gasteiger charge is -2.30. The van der Waals surface area contributed by atoms with Crippen LogP contribution < -0.4 is 4.90 Å². The number of rotatable bonds is 6. The van der Waals surface area contributed by atoms with Gasteiger partial charge in [-0.3, -0.25) is 9.69 Å². The van der Waals surface area contributed by atoms with Crippen molar-refractivity contribution in [3.8, 4) is 0 Å². The molecule has 0 aromatic heterocycles. The van der Waals surface area contributed by atoms with E-state index in [1.54, 1.807) is 4.90 Å². The molecule has 0 atom stereocenters. The van der Waals surface area contributed by atoms with Crippen molar-refractivity contribution >= 4 is 22.7 Å². The van der Waals surface area contributed by atoms with Gasteiger partial charge in [-0.05, 0) is 50.4 Å². The van der Waals surface area contributed by atoms with E-state index in [9.17, 15) is 4.79 Å². The molecule has 0 fully saturated rings. The van der Waals surface area contributed by atoms with E-state index < -0.39 is 5.37 Å². The maximum atomic E-state index is 11.8. The van der Waals surface area contributed by atoms with E-state index in [1.807, 2.05) is 44.2 Å². The Morgan fingerprint density at radius 1 is 1.16 bits per heavy atom. The Bertz CT molecular complexity index is 451. The molecule has 0 heterocycles. The molecule has 0 unspecified atom stereocenters. The van der Waals surface area contributed by atoms with Crippen molar-refractivity contribution in [1.29, 1.82) is 0 Å². The van der Waals surface area contributed by atoms with Crippen LogP contribution in [0.1, 0.15) is 26.7 Å². The van der Waals surface area contributed by atoms with Gasteiger partial charge in [0.05, 0.1) is 0 Å². The second kappa shape index (κ2) is 7.15. The molecule has 102 valence electrons. The number of halogens is 1. The van der Waals surface area contributed by atoms with Crippen LogP contribution >= 0.6 is 11.6 Å². The van der Waals surface area contributed by atoms with Gasteiger partial charge in [-0.15, -0.1) is 13.2 Å². The van der Waals surface area contributed by atoms with Crippen molar-refractivity contribution in [1.82, 2.24) is 0 Å². The highest BCUT2D eigenvalue weighted by Crippen LogP contribution is 2.25. The van der Waals surface area contributed by atoms with E-state index in [2.05, 4.69) is 13.2 Å². The molecule has 0 spiro atoms. The first-order valence-corrected chi connectivity index (χ1v) is 6.62. The molecule has 0 saturated heterocycles. The van der Waals surface area contributed by atoms with Crippen molar-refractivity contribution < 1.29 is 4.79 Å². The number of benzene rings is 1.